The molecule has 1 aliphatic heterocycles. The van der Waals surface area contributed by atoms with Gasteiger partial charge in [-0.2, -0.15) is 0 Å². The molecule has 1 rings (SSSR count). The standard InChI is InChI=1S/C53H93N7O13/c1-30(2)20-18-16-14-13-15-17-19-21-36-28-43(61)54-37(22-23-44(62)63)47(66)55-38(24-31(3)4)48(67)57-40(26-33(7)8)51(70)60-46(35(11)12)52(71)58-41(29-45(64)65)50(69)56-39(25-32(5)6)49(68)59-42(27-34(9)10)53(72)73-36/h30-42,46H,13-29H2,1-12H3,(H,54,61)(H,55,66)(H,56,69)(H,57,67)(H,58,71)(H,59,68)(H,60,70)(H,62,63)(H,64,65)/t36?,37-,38-,39-,40-,41-,42-,46-/m0/s1. The van der Waals surface area contributed by atoms with Gasteiger partial charge < -0.3 is 52.2 Å². The molecule has 9 N–H and O–H groups in total. The molecule has 1 saturated heterocycles. The molecule has 1 aliphatic rings. The van der Waals surface area contributed by atoms with E-state index in [9.17, 15) is 58.2 Å². The first-order chi connectivity index (χ1) is 34.1. The van der Waals surface area contributed by atoms with Crippen LogP contribution in [0.1, 0.15) is 192 Å². The van der Waals surface area contributed by atoms with Crippen molar-refractivity contribution in [2.45, 2.75) is 241 Å². The van der Waals surface area contributed by atoms with Crippen LogP contribution in [0.15, 0.2) is 0 Å². The van der Waals surface area contributed by atoms with Crippen LogP contribution in [0, 0.1) is 35.5 Å². The number of carbonyl (C=O) groups excluding carboxylic acids is 8. The Bertz CT molecular complexity index is 1800. The minimum atomic E-state index is -1.72. The molecular formula is C53H93N7O13. The van der Waals surface area contributed by atoms with Crippen LogP contribution in [0.25, 0.3) is 0 Å². The van der Waals surface area contributed by atoms with E-state index in [0.29, 0.717) is 12.3 Å². The number of cyclic esters (lactones) is 1. The summed E-state index contributed by atoms with van der Waals surface area (Å²) in [6.07, 6.45) is 5.02. The second kappa shape index (κ2) is 34.2. The van der Waals surface area contributed by atoms with Crippen molar-refractivity contribution in [2.75, 3.05) is 0 Å². The molecule has 418 valence electrons. The molecule has 1 heterocycles. The monoisotopic (exact) mass is 1040 g/mol. The molecular weight excluding hydrogens is 943 g/mol. The first kappa shape index (κ1) is 65.7. The number of nitrogens with one attached hydrogen (secondary N) is 7. The van der Waals surface area contributed by atoms with Gasteiger partial charge in [-0.3, -0.25) is 43.2 Å². The third-order valence-corrected chi connectivity index (χ3v) is 12.4. The summed E-state index contributed by atoms with van der Waals surface area (Å²) in [6, 6.07) is -9.64. The van der Waals surface area contributed by atoms with Crippen molar-refractivity contribution in [2.24, 2.45) is 35.5 Å². The Morgan fingerprint density at radius 1 is 0.452 bits per heavy atom. The summed E-state index contributed by atoms with van der Waals surface area (Å²) in [5.41, 5.74) is 0. The lowest BCUT2D eigenvalue weighted by molar-refractivity contribution is -0.155. The van der Waals surface area contributed by atoms with Crippen LogP contribution >= 0.6 is 0 Å². The van der Waals surface area contributed by atoms with Crippen LogP contribution in [-0.2, 0) is 52.7 Å². The van der Waals surface area contributed by atoms with Crippen LogP contribution in [0.2, 0.25) is 0 Å². The van der Waals surface area contributed by atoms with Crippen molar-refractivity contribution < 1.29 is 62.9 Å². The maximum atomic E-state index is 14.2. The molecule has 0 saturated carbocycles. The van der Waals surface area contributed by atoms with Gasteiger partial charge in [0.2, 0.25) is 41.4 Å². The second-order valence-electron chi connectivity index (χ2n) is 22.4. The fourth-order valence-electron chi connectivity index (χ4n) is 8.57. The van der Waals surface area contributed by atoms with E-state index in [1.54, 1.807) is 55.4 Å². The summed E-state index contributed by atoms with van der Waals surface area (Å²) in [4.78, 5) is 137. The Morgan fingerprint density at radius 3 is 1.29 bits per heavy atom. The van der Waals surface area contributed by atoms with Crippen molar-refractivity contribution in [3.63, 3.8) is 0 Å². The number of hydrogen-bond donors (Lipinski definition) is 9. The van der Waals surface area contributed by atoms with Gasteiger partial charge >= 0.3 is 17.9 Å². The third kappa shape index (κ3) is 28.1. The second-order valence-corrected chi connectivity index (χ2v) is 22.4. The number of hydrogen-bond acceptors (Lipinski definition) is 11. The van der Waals surface area contributed by atoms with Crippen molar-refractivity contribution in [1.82, 2.24) is 37.2 Å². The highest BCUT2D eigenvalue weighted by Crippen LogP contribution is 2.19. The van der Waals surface area contributed by atoms with E-state index in [0.717, 1.165) is 44.9 Å². The van der Waals surface area contributed by atoms with Crippen LogP contribution in [-0.4, -0.2) is 118 Å². The zero-order chi connectivity index (χ0) is 55.5. The van der Waals surface area contributed by atoms with Crippen molar-refractivity contribution in [3.8, 4) is 0 Å². The smallest absolute Gasteiger partial charge is 0.328 e. The minimum Gasteiger partial charge on any atom is -0.481 e. The lowest BCUT2D eigenvalue weighted by atomic mass is 9.98. The van der Waals surface area contributed by atoms with E-state index in [-0.39, 0.29) is 62.2 Å². The average molecular weight is 1040 g/mol. The zero-order valence-corrected chi connectivity index (χ0v) is 46.0. The Kier molecular flexibility index (Phi) is 30.8. The summed E-state index contributed by atoms with van der Waals surface area (Å²) in [6.45, 7) is 22.0. The lowest BCUT2D eigenvalue weighted by Crippen LogP contribution is -2.61. The molecule has 73 heavy (non-hydrogen) atoms. The molecule has 0 spiro atoms. The molecule has 0 aliphatic carbocycles. The number of rotatable bonds is 24. The van der Waals surface area contributed by atoms with Gasteiger partial charge in [0.25, 0.3) is 0 Å². The highest BCUT2D eigenvalue weighted by molar-refractivity contribution is 5.98. The summed E-state index contributed by atoms with van der Waals surface area (Å²) in [5.74, 6) is -10.1. The van der Waals surface area contributed by atoms with Crippen LogP contribution in [0.3, 0.4) is 0 Å². The lowest BCUT2D eigenvalue weighted by Gasteiger charge is -2.29. The molecule has 0 aromatic carbocycles. The summed E-state index contributed by atoms with van der Waals surface area (Å²) in [5, 5.41) is 37.9. The van der Waals surface area contributed by atoms with Gasteiger partial charge in [0.05, 0.1) is 12.8 Å². The van der Waals surface area contributed by atoms with Crippen molar-refractivity contribution >= 4 is 59.3 Å². The maximum Gasteiger partial charge on any atom is 0.328 e. The fourth-order valence-corrected chi connectivity index (χ4v) is 8.57. The third-order valence-electron chi connectivity index (χ3n) is 12.4. The van der Waals surface area contributed by atoms with Gasteiger partial charge in [-0.05, 0) is 80.5 Å². The van der Waals surface area contributed by atoms with Gasteiger partial charge in [-0.15, -0.1) is 0 Å². The number of esters is 1. The predicted octanol–water partition coefficient (Wildman–Crippen LogP) is 5.04. The molecule has 0 bridgehead atoms. The van der Waals surface area contributed by atoms with E-state index < -0.39 is 133 Å². The maximum absolute atomic E-state index is 14.2. The molecule has 1 unspecified atom stereocenters. The van der Waals surface area contributed by atoms with E-state index in [1.807, 2.05) is 13.8 Å². The average Bonchev–Trinajstić information content (AvgIpc) is 3.26. The van der Waals surface area contributed by atoms with E-state index in [4.69, 9.17) is 4.74 Å². The topological polar surface area (TPSA) is 305 Å². The Hall–Kier alpha value is -5.30. The number of ether oxygens (including phenoxy) is 1. The van der Waals surface area contributed by atoms with E-state index >= 15 is 0 Å². The van der Waals surface area contributed by atoms with Gasteiger partial charge in [-0.25, -0.2) is 4.79 Å². The number of carboxylic acids is 2. The van der Waals surface area contributed by atoms with Gasteiger partial charge in [-0.1, -0.05) is 128 Å². The van der Waals surface area contributed by atoms with Crippen molar-refractivity contribution in [1.29, 1.82) is 0 Å². The molecule has 0 aromatic rings. The van der Waals surface area contributed by atoms with E-state index in [2.05, 4.69) is 51.1 Å². The molecule has 20 nitrogen and oxygen atoms in total. The summed E-state index contributed by atoms with van der Waals surface area (Å²) >= 11 is 0. The first-order valence-electron chi connectivity index (χ1n) is 26.8. The van der Waals surface area contributed by atoms with Crippen LogP contribution in [0.5, 0.6) is 0 Å². The quantitative estimate of drug-likeness (QED) is 0.0453. The molecule has 7 amide bonds. The van der Waals surface area contributed by atoms with Crippen LogP contribution < -0.4 is 37.2 Å². The Morgan fingerprint density at radius 2 is 0.849 bits per heavy atom. The van der Waals surface area contributed by atoms with Crippen molar-refractivity contribution in [3.05, 3.63) is 0 Å². The number of carbonyl (C=O) groups is 10. The minimum absolute atomic E-state index is 0.0393. The number of unbranched alkanes of at least 4 members (excludes halogenated alkanes) is 6. The number of carboxylic acid groups (broad SMARTS) is 2. The summed E-state index contributed by atoms with van der Waals surface area (Å²) < 4.78 is 6.04. The molecule has 0 radical (unpaired) electrons. The molecule has 1 fully saturated rings. The van der Waals surface area contributed by atoms with Gasteiger partial charge in [0, 0.05) is 6.42 Å². The Balaban J connectivity index is 3.95. The van der Waals surface area contributed by atoms with Gasteiger partial charge in [0.1, 0.15) is 48.4 Å². The first-order valence-corrected chi connectivity index (χ1v) is 26.8. The van der Waals surface area contributed by atoms with E-state index in [1.165, 1.54) is 0 Å². The van der Waals surface area contributed by atoms with Gasteiger partial charge in [0.15, 0.2) is 0 Å². The molecule has 8 atom stereocenters. The number of aliphatic carboxylic acids is 2. The normalized spacial score (nSPS) is 24.0. The number of amides is 7. The Labute approximate surface area is 434 Å². The largest absolute Gasteiger partial charge is 0.481 e. The van der Waals surface area contributed by atoms with Crippen LogP contribution in [0.4, 0.5) is 0 Å². The molecule has 20 heteroatoms. The highest BCUT2D eigenvalue weighted by atomic mass is 16.5. The summed E-state index contributed by atoms with van der Waals surface area (Å²) in [7, 11) is 0. The molecule has 0 aromatic heterocycles. The SMILES string of the molecule is CC(C)CCCCCCCCCC1CC(=O)N[C@@H](CCC(=O)O)C(=O)N[C@@H](CC(C)C)C(=O)N[C@@H](CC(C)C)C(=O)N[C@@H](C(C)C)C(=O)N[C@@H](CC(=O)O)C(=O)N[C@@H](CC(C)C)C(=O)N[C@@H](CC(C)C)C(=O)O1. The fraction of sp³-hybridized carbons (Fsp3) is 0.811. The predicted molar refractivity (Wildman–Crippen MR) is 276 cm³/mol. The highest BCUT2D eigenvalue weighted by Gasteiger charge is 2.37. The zero-order valence-electron chi connectivity index (χ0n) is 46.0.